The number of nitrogens with zero attached hydrogens (tertiary/aromatic N) is 4. The lowest BCUT2D eigenvalue weighted by molar-refractivity contribution is -0.136. The first-order chi connectivity index (χ1) is 16.4. The Bertz CT molecular complexity index is 970. The highest BCUT2D eigenvalue weighted by atomic mass is 19.4. The van der Waals surface area contributed by atoms with Crippen LogP contribution in [-0.2, 0) is 10.9 Å². The molecular formula is C26H35F3N4O. The summed E-state index contributed by atoms with van der Waals surface area (Å²) in [4.78, 5) is 11.6. The lowest BCUT2D eigenvalue weighted by Gasteiger charge is -2.43. The normalized spacial score (nSPS) is 26.3. The van der Waals surface area contributed by atoms with Gasteiger partial charge in [0.25, 0.3) is 0 Å². The van der Waals surface area contributed by atoms with E-state index < -0.39 is 11.7 Å². The van der Waals surface area contributed by atoms with Crippen molar-refractivity contribution in [2.45, 2.75) is 38.4 Å². The van der Waals surface area contributed by atoms with Crippen LogP contribution in [0.2, 0.25) is 0 Å². The number of morpholine rings is 1. The molecule has 5 nitrogen and oxygen atoms in total. The summed E-state index contributed by atoms with van der Waals surface area (Å²) in [7, 11) is 0. The minimum Gasteiger partial charge on any atom is -0.379 e. The first-order valence-corrected chi connectivity index (χ1v) is 12.6. The van der Waals surface area contributed by atoms with Crippen LogP contribution in [0.25, 0.3) is 10.9 Å². The van der Waals surface area contributed by atoms with Gasteiger partial charge in [0.2, 0.25) is 0 Å². The van der Waals surface area contributed by atoms with Crippen LogP contribution in [0.4, 0.5) is 18.9 Å². The van der Waals surface area contributed by atoms with E-state index in [4.69, 9.17) is 4.74 Å². The molecule has 4 heterocycles. The molecule has 0 N–H and O–H groups in total. The van der Waals surface area contributed by atoms with Gasteiger partial charge in [-0.3, -0.25) is 9.88 Å². The van der Waals surface area contributed by atoms with Gasteiger partial charge >= 0.3 is 6.18 Å². The van der Waals surface area contributed by atoms with Crippen LogP contribution < -0.4 is 4.90 Å². The number of fused-ring (bicyclic) bond motifs is 1. The fourth-order valence-electron chi connectivity index (χ4n) is 6.25. The molecule has 0 spiro atoms. The van der Waals surface area contributed by atoms with E-state index >= 15 is 0 Å². The number of rotatable bonds is 4. The van der Waals surface area contributed by atoms with Gasteiger partial charge in [-0.25, -0.2) is 0 Å². The number of likely N-dealkylation sites (tertiary alicyclic amines) is 1. The number of anilines is 1. The Morgan fingerprint density at radius 1 is 1.03 bits per heavy atom. The van der Waals surface area contributed by atoms with Crippen molar-refractivity contribution in [2.75, 3.05) is 63.9 Å². The lowest BCUT2D eigenvalue weighted by Crippen LogP contribution is -2.51. The van der Waals surface area contributed by atoms with Gasteiger partial charge in [-0.05, 0) is 68.5 Å². The average Bonchev–Trinajstić information content (AvgIpc) is 2.83. The third kappa shape index (κ3) is 5.19. The second kappa shape index (κ2) is 9.99. The summed E-state index contributed by atoms with van der Waals surface area (Å²) >= 11 is 0. The highest BCUT2D eigenvalue weighted by molar-refractivity contribution is 5.94. The van der Waals surface area contributed by atoms with Crippen molar-refractivity contribution in [3.05, 3.63) is 36.0 Å². The lowest BCUT2D eigenvalue weighted by atomic mass is 9.88. The predicted molar refractivity (Wildman–Crippen MR) is 128 cm³/mol. The average molecular weight is 477 g/mol. The van der Waals surface area contributed by atoms with Gasteiger partial charge in [0.1, 0.15) is 0 Å². The quantitative estimate of drug-likeness (QED) is 0.648. The largest absolute Gasteiger partial charge is 0.418 e. The van der Waals surface area contributed by atoms with Gasteiger partial charge in [0.15, 0.2) is 0 Å². The van der Waals surface area contributed by atoms with Gasteiger partial charge in [0.05, 0.1) is 24.3 Å². The van der Waals surface area contributed by atoms with E-state index in [1.807, 2.05) is 0 Å². The summed E-state index contributed by atoms with van der Waals surface area (Å²) in [5.41, 5.74) is 0.266. The van der Waals surface area contributed by atoms with Crippen molar-refractivity contribution in [2.24, 2.45) is 11.8 Å². The molecule has 2 atom stereocenters. The van der Waals surface area contributed by atoms with Crippen LogP contribution in [-0.4, -0.2) is 79.9 Å². The van der Waals surface area contributed by atoms with Crippen molar-refractivity contribution >= 4 is 16.6 Å². The van der Waals surface area contributed by atoms with Crippen LogP contribution in [0.5, 0.6) is 0 Å². The number of pyridine rings is 1. The van der Waals surface area contributed by atoms with E-state index in [1.54, 1.807) is 18.2 Å². The molecule has 0 amide bonds. The summed E-state index contributed by atoms with van der Waals surface area (Å²) in [6, 6.07) is 7.03. The highest BCUT2D eigenvalue weighted by Crippen LogP contribution is 2.39. The number of halogens is 3. The number of hydrogen-bond donors (Lipinski definition) is 0. The van der Waals surface area contributed by atoms with E-state index in [1.165, 1.54) is 25.1 Å². The summed E-state index contributed by atoms with van der Waals surface area (Å²) in [6.07, 6.45) is 0.624. The molecule has 3 fully saturated rings. The summed E-state index contributed by atoms with van der Waals surface area (Å²) in [5, 5.41) is 0.594. The minimum atomic E-state index is -4.41. The van der Waals surface area contributed by atoms with Crippen molar-refractivity contribution in [1.82, 2.24) is 14.8 Å². The number of piperidine rings is 2. The highest BCUT2D eigenvalue weighted by Gasteiger charge is 2.35. The number of hydrogen-bond acceptors (Lipinski definition) is 5. The van der Waals surface area contributed by atoms with Crippen LogP contribution in [0.15, 0.2) is 30.5 Å². The van der Waals surface area contributed by atoms with Crippen LogP contribution in [0, 0.1) is 11.8 Å². The number of aromatic nitrogens is 1. The summed E-state index contributed by atoms with van der Waals surface area (Å²) in [5.74, 6) is 1.01. The monoisotopic (exact) mass is 476 g/mol. The zero-order valence-electron chi connectivity index (χ0n) is 19.9. The Kier molecular flexibility index (Phi) is 7.00. The van der Waals surface area contributed by atoms with Gasteiger partial charge in [0, 0.05) is 56.0 Å². The Hall–Kier alpha value is -1.90. The molecule has 186 valence electrons. The van der Waals surface area contributed by atoms with Gasteiger partial charge in [-0.15, -0.1) is 0 Å². The Balaban J connectivity index is 1.26. The Labute approximate surface area is 199 Å². The smallest absolute Gasteiger partial charge is 0.379 e. The molecule has 3 aliphatic heterocycles. The van der Waals surface area contributed by atoms with Crippen molar-refractivity contribution in [3.63, 3.8) is 0 Å². The fraction of sp³-hybridized carbons (Fsp3) is 0.654. The molecule has 0 bridgehead atoms. The molecule has 0 saturated carbocycles. The maximum Gasteiger partial charge on any atom is 0.418 e. The molecule has 0 unspecified atom stereocenters. The zero-order valence-corrected chi connectivity index (χ0v) is 19.9. The van der Waals surface area contributed by atoms with Crippen LogP contribution >= 0.6 is 0 Å². The van der Waals surface area contributed by atoms with E-state index in [-0.39, 0.29) is 5.52 Å². The molecule has 1 aromatic carbocycles. The van der Waals surface area contributed by atoms with Crippen molar-refractivity contribution in [1.29, 1.82) is 0 Å². The molecule has 2 aromatic rings. The second-order valence-corrected chi connectivity index (χ2v) is 10.3. The summed E-state index contributed by atoms with van der Waals surface area (Å²) in [6.45, 7) is 11.1. The maximum atomic E-state index is 13.6. The molecule has 3 saturated heterocycles. The van der Waals surface area contributed by atoms with E-state index in [2.05, 4.69) is 26.6 Å². The van der Waals surface area contributed by atoms with Crippen LogP contribution in [0.3, 0.4) is 0 Å². The van der Waals surface area contributed by atoms with Crippen LogP contribution in [0.1, 0.15) is 31.7 Å². The first-order valence-electron chi connectivity index (χ1n) is 12.6. The van der Waals surface area contributed by atoms with Gasteiger partial charge in [-0.1, -0.05) is 6.92 Å². The molecule has 8 heteroatoms. The molecule has 34 heavy (non-hydrogen) atoms. The first kappa shape index (κ1) is 23.8. The molecule has 5 rings (SSSR count). The standard InChI is InChI=1S/C26H35F3N4O/c1-19-15-20(17-31-9-6-21(7-10-31)32-11-13-34-14-12-32)18-33(16-19)24-5-4-23(26(27,28)29)25-22(24)3-2-8-30-25/h2-5,8,19-21H,6-7,9-18H2,1H3/t19-,20+/m0/s1. The SMILES string of the molecule is C[C@H]1C[C@H](CN2CCC(N3CCOCC3)CC2)CN(c2ccc(C(F)(F)F)c3ncccc23)C1. The molecule has 3 aliphatic rings. The maximum absolute atomic E-state index is 13.6. The van der Waals surface area contributed by atoms with E-state index in [0.29, 0.717) is 23.3 Å². The topological polar surface area (TPSA) is 31.8 Å². The summed E-state index contributed by atoms with van der Waals surface area (Å²) < 4.78 is 46.2. The van der Waals surface area contributed by atoms with Crippen molar-refractivity contribution in [3.8, 4) is 0 Å². The Morgan fingerprint density at radius 2 is 1.79 bits per heavy atom. The Morgan fingerprint density at radius 3 is 2.53 bits per heavy atom. The zero-order chi connectivity index (χ0) is 23.7. The van der Waals surface area contributed by atoms with Gasteiger partial charge < -0.3 is 14.5 Å². The molecule has 0 radical (unpaired) electrons. The third-order valence-corrected chi connectivity index (χ3v) is 7.77. The number of ether oxygens (including phenoxy) is 1. The number of benzene rings is 1. The number of alkyl halides is 3. The van der Waals surface area contributed by atoms with Gasteiger partial charge in [-0.2, -0.15) is 13.2 Å². The third-order valence-electron chi connectivity index (χ3n) is 7.77. The van der Waals surface area contributed by atoms with E-state index in [0.717, 1.165) is 71.1 Å². The second-order valence-electron chi connectivity index (χ2n) is 10.3. The predicted octanol–water partition coefficient (Wildman–Crippen LogP) is 4.51. The molecule has 0 aliphatic carbocycles. The molecule has 1 aromatic heterocycles. The molecular weight excluding hydrogens is 441 g/mol. The van der Waals surface area contributed by atoms with E-state index in [9.17, 15) is 13.2 Å². The van der Waals surface area contributed by atoms with Crippen molar-refractivity contribution < 1.29 is 17.9 Å². The minimum absolute atomic E-state index is 0.0486. The fourth-order valence-corrected chi connectivity index (χ4v) is 6.25.